The second kappa shape index (κ2) is 3.77. The molecule has 14 heavy (non-hydrogen) atoms. The monoisotopic (exact) mass is 197 g/mol. The first kappa shape index (κ1) is 9.77. The molecule has 2 heterocycles. The number of urea groups is 1. The first-order valence-electron chi connectivity index (χ1n) is 5.54. The third-order valence-corrected chi connectivity index (χ3v) is 3.26. The van der Waals surface area contributed by atoms with Gasteiger partial charge in [0.1, 0.15) is 0 Å². The van der Waals surface area contributed by atoms with Gasteiger partial charge in [0, 0.05) is 18.6 Å². The number of piperidine rings is 1. The van der Waals surface area contributed by atoms with Crippen molar-refractivity contribution in [1.82, 2.24) is 15.3 Å². The summed E-state index contributed by atoms with van der Waals surface area (Å²) in [6.45, 7) is 6.03. The molecular formula is C10H19N3O. The van der Waals surface area contributed by atoms with Crippen LogP contribution in [0, 0.1) is 0 Å². The number of nitrogens with one attached hydrogen (secondary N) is 1. The Hall–Kier alpha value is -0.770. The van der Waals surface area contributed by atoms with Crippen molar-refractivity contribution in [2.75, 3.05) is 13.1 Å². The van der Waals surface area contributed by atoms with Crippen molar-refractivity contribution in [1.29, 1.82) is 0 Å². The van der Waals surface area contributed by atoms with E-state index in [0.29, 0.717) is 12.1 Å². The number of hydrogen-bond acceptors (Lipinski definition) is 2. The van der Waals surface area contributed by atoms with Gasteiger partial charge in [-0.05, 0) is 26.7 Å². The fourth-order valence-electron chi connectivity index (χ4n) is 2.57. The molecule has 0 aromatic rings. The van der Waals surface area contributed by atoms with Gasteiger partial charge in [0.15, 0.2) is 0 Å². The molecule has 1 N–H and O–H groups in total. The summed E-state index contributed by atoms with van der Waals surface area (Å²) in [5.41, 5.74) is 0. The van der Waals surface area contributed by atoms with Crippen molar-refractivity contribution in [3.63, 3.8) is 0 Å². The summed E-state index contributed by atoms with van der Waals surface area (Å²) in [6, 6.07) is 1.08. The summed E-state index contributed by atoms with van der Waals surface area (Å²) in [5.74, 6) is 0. The van der Waals surface area contributed by atoms with Crippen molar-refractivity contribution < 1.29 is 4.79 Å². The Morgan fingerprint density at radius 3 is 2.43 bits per heavy atom. The van der Waals surface area contributed by atoms with Gasteiger partial charge in [-0.25, -0.2) is 9.80 Å². The molecule has 2 atom stereocenters. The molecule has 0 radical (unpaired) electrons. The van der Waals surface area contributed by atoms with Crippen LogP contribution in [0.5, 0.6) is 0 Å². The summed E-state index contributed by atoms with van der Waals surface area (Å²) in [5, 5.41) is 6.99. The highest BCUT2D eigenvalue weighted by Crippen LogP contribution is 2.25. The molecule has 0 aliphatic carbocycles. The molecule has 4 nitrogen and oxygen atoms in total. The molecular weight excluding hydrogens is 178 g/mol. The van der Waals surface area contributed by atoms with Gasteiger partial charge in [-0.2, -0.15) is 0 Å². The van der Waals surface area contributed by atoms with E-state index < -0.39 is 0 Å². The molecule has 4 heteroatoms. The lowest BCUT2D eigenvalue weighted by atomic mass is 9.99. The largest absolute Gasteiger partial charge is 0.335 e. The number of carbonyl (C=O) groups excluding carboxylic acids is 1. The molecule has 0 aromatic carbocycles. The Balaban J connectivity index is 2.09. The van der Waals surface area contributed by atoms with Crippen LogP contribution < -0.4 is 5.32 Å². The third-order valence-electron chi connectivity index (χ3n) is 3.26. The first-order chi connectivity index (χ1) is 6.70. The van der Waals surface area contributed by atoms with Crippen molar-refractivity contribution in [2.45, 2.75) is 45.2 Å². The van der Waals surface area contributed by atoms with Crippen LogP contribution >= 0.6 is 0 Å². The van der Waals surface area contributed by atoms with Gasteiger partial charge in [-0.15, -0.1) is 0 Å². The molecule has 2 aliphatic heterocycles. The van der Waals surface area contributed by atoms with Crippen molar-refractivity contribution in [2.24, 2.45) is 0 Å². The van der Waals surface area contributed by atoms with E-state index in [0.717, 1.165) is 13.1 Å². The molecule has 80 valence electrons. The molecule has 2 saturated heterocycles. The minimum Gasteiger partial charge on any atom is -0.335 e. The Labute approximate surface area is 85.2 Å². The zero-order valence-corrected chi connectivity index (χ0v) is 8.99. The Morgan fingerprint density at radius 1 is 1.29 bits per heavy atom. The molecule has 2 aliphatic rings. The lowest BCUT2D eigenvalue weighted by Crippen LogP contribution is -2.55. The highest BCUT2D eigenvalue weighted by atomic mass is 16.2. The van der Waals surface area contributed by atoms with Crippen LogP contribution in [0.3, 0.4) is 0 Å². The Kier molecular flexibility index (Phi) is 2.63. The normalized spacial score (nSPS) is 34.7. The van der Waals surface area contributed by atoms with Crippen LogP contribution in [-0.2, 0) is 0 Å². The first-order valence-corrected chi connectivity index (χ1v) is 5.54. The van der Waals surface area contributed by atoms with E-state index in [9.17, 15) is 4.79 Å². The van der Waals surface area contributed by atoms with Crippen molar-refractivity contribution in [3.05, 3.63) is 0 Å². The standard InChI is InChI=1S/C10H19N3O/c1-8-4-3-5-9(2)13(8)12-7-6-11-10(12)14/h8-9H,3-7H2,1-2H3,(H,11,14). The predicted octanol–water partition coefficient (Wildman–Crippen LogP) is 1.19. The van der Waals surface area contributed by atoms with Gasteiger partial charge < -0.3 is 5.32 Å². The Bertz CT molecular complexity index is 221. The summed E-state index contributed by atoms with van der Waals surface area (Å²) >= 11 is 0. The van der Waals surface area contributed by atoms with Gasteiger partial charge in [0.05, 0.1) is 6.54 Å². The van der Waals surface area contributed by atoms with Crippen LogP contribution in [0.2, 0.25) is 0 Å². The fraction of sp³-hybridized carbons (Fsp3) is 0.900. The number of nitrogens with zero attached hydrogens (tertiary/aromatic N) is 2. The lowest BCUT2D eigenvalue weighted by molar-refractivity contribution is -0.0588. The third kappa shape index (κ3) is 1.59. The maximum atomic E-state index is 11.5. The molecule has 0 saturated carbocycles. The van der Waals surface area contributed by atoms with Gasteiger partial charge in [-0.3, -0.25) is 5.01 Å². The zero-order valence-electron chi connectivity index (χ0n) is 8.99. The molecule has 0 spiro atoms. The summed E-state index contributed by atoms with van der Waals surface area (Å²) in [4.78, 5) is 11.5. The van der Waals surface area contributed by atoms with Crippen LogP contribution in [0.25, 0.3) is 0 Å². The SMILES string of the molecule is CC1CCCC(C)N1N1CCNC1=O. The van der Waals surface area contributed by atoms with Crippen LogP contribution in [0.1, 0.15) is 33.1 Å². The predicted molar refractivity (Wildman–Crippen MR) is 54.7 cm³/mol. The number of hydrazine groups is 1. The minimum absolute atomic E-state index is 0.0746. The van der Waals surface area contributed by atoms with E-state index in [2.05, 4.69) is 24.2 Å². The van der Waals surface area contributed by atoms with Crippen LogP contribution in [0.4, 0.5) is 4.79 Å². The number of amides is 2. The molecule has 2 amide bonds. The second-order valence-corrected chi connectivity index (χ2v) is 4.36. The lowest BCUT2D eigenvalue weighted by Gasteiger charge is -2.43. The smallest absolute Gasteiger partial charge is 0.332 e. The van der Waals surface area contributed by atoms with Gasteiger partial charge in [0.25, 0.3) is 0 Å². The molecule has 2 fully saturated rings. The maximum absolute atomic E-state index is 11.5. The van der Waals surface area contributed by atoms with E-state index in [4.69, 9.17) is 0 Å². The van der Waals surface area contributed by atoms with E-state index in [1.54, 1.807) is 0 Å². The van der Waals surface area contributed by atoms with E-state index in [1.807, 2.05) is 5.01 Å². The fourth-order valence-corrected chi connectivity index (χ4v) is 2.57. The van der Waals surface area contributed by atoms with Gasteiger partial charge in [0.2, 0.25) is 0 Å². The molecule has 0 aromatic heterocycles. The minimum atomic E-state index is 0.0746. The maximum Gasteiger partial charge on any atom is 0.332 e. The Morgan fingerprint density at radius 2 is 1.93 bits per heavy atom. The summed E-state index contributed by atoms with van der Waals surface area (Å²) in [6.07, 6.45) is 3.69. The van der Waals surface area contributed by atoms with E-state index in [-0.39, 0.29) is 6.03 Å². The highest BCUT2D eigenvalue weighted by molar-refractivity contribution is 5.75. The van der Waals surface area contributed by atoms with Crippen LogP contribution in [-0.4, -0.2) is 41.2 Å². The number of hydrogen-bond donors (Lipinski definition) is 1. The van der Waals surface area contributed by atoms with Gasteiger partial charge in [-0.1, -0.05) is 6.42 Å². The topological polar surface area (TPSA) is 35.6 Å². The molecule has 2 rings (SSSR count). The zero-order chi connectivity index (χ0) is 10.1. The summed E-state index contributed by atoms with van der Waals surface area (Å²) < 4.78 is 0. The molecule has 2 unspecified atom stereocenters. The number of carbonyl (C=O) groups is 1. The van der Waals surface area contributed by atoms with Crippen molar-refractivity contribution >= 4 is 6.03 Å². The van der Waals surface area contributed by atoms with E-state index in [1.165, 1.54) is 19.3 Å². The highest BCUT2D eigenvalue weighted by Gasteiger charge is 2.34. The summed E-state index contributed by atoms with van der Waals surface area (Å²) in [7, 11) is 0. The van der Waals surface area contributed by atoms with Gasteiger partial charge >= 0.3 is 6.03 Å². The average Bonchev–Trinajstić information content (AvgIpc) is 2.52. The quantitative estimate of drug-likeness (QED) is 0.685. The average molecular weight is 197 g/mol. The van der Waals surface area contributed by atoms with E-state index >= 15 is 0 Å². The second-order valence-electron chi connectivity index (χ2n) is 4.36. The van der Waals surface area contributed by atoms with Crippen molar-refractivity contribution in [3.8, 4) is 0 Å². The van der Waals surface area contributed by atoms with Crippen LogP contribution in [0.15, 0.2) is 0 Å². The molecule has 0 bridgehead atoms. The number of rotatable bonds is 1.